The molecular formula is C15H18O4. The lowest BCUT2D eigenvalue weighted by Gasteiger charge is -2.25. The number of hydrogen-bond acceptors (Lipinski definition) is 4. The maximum absolute atomic E-state index is 12.2. The second-order valence-corrected chi connectivity index (χ2v) is 5.66. The van der Waals surface area contributed by atoms with Gasteiger partial charge in [-0.25, -0.2) is 0 Å². The molecule has 0 radical (unpaired) electrons. The summed E-state index contributed by atoms with van der Waals surface area (Å²) in [5.74, 6) is -0.278. The lowest BCUT2D eigenvalue weighted by Crippen LogP contribution is -2.32. The molecule has 0 N–H and O–H groups in total. The average molecular weight is 262 g/mol. The molecule has 0 fully saturated rings. The highest BCUT2D eigenvalue weighted by atomic mass is 16.6. The van der Waals surface area contributed by atoms with Crippen molar-refractivity contribution >= 4 is 11.8 Å². The number of carbonyl (C=O) groups is 2. The van der Waals surface area contributed by atoms with Crippen LogP contribution in [0.3, 0.4) is 0 Å². The minimum absolute atomic E-state index is 0.0484. The normalized spacial score (nSPS) is 18.5. The molecule has 1 unspecified atom stereocenters. The Hall–Kier alpha value is -1.84. The molecule has 1 heterocycles. The zero-order valence-corrected chi connectivity index (χ0v) is 11.4. The second kappa shape index (κ2) is 5.03. The summed E-state index contributed by atoms with van der Waals surface area (Å²) in [5, 5.41) is 0. The maximum Gasteiger partial charge on any atom is 0.307 e. The maximum atomic E-state index is 12.2. The minimum atomic E-state index is -0.534. The molecule has 19 heavy (non-hydrogen) atoms. The summed E-state index contributed by atoms with van der Waals surface area (Å²) in [6, 6.07) is 7.09. The van der Waals surface area contributed by atoms with Crippen LogP contribution in [0.15, 0.2) is 24.3 Å². The van der Waals surface area contributed by atoms with Crippen LogP contribution in [0, 0.1) is 5.92 Å². The summed E-state index contributed by atoms with van der Waals surface area (Å²) in [4.78, 5) is 24.0. The van der Waals surface area contributed by atoms with E-state index in [0.717, 1.165) is 0 Å². The van der Waals surface area contributed by atoms with E-state index in [4.69, 9.17) is 9.47 Å². The number of rotatable bonds is 2. The summed E-state index contributed by atoms with van der Waals surface area (Å²) >= 11 is 0. The van der Waals surface area contributed by atoms with Gasteiger partial charge in [0.05, 0.1) is 24.5 Å². The van der Waals surface area contributed by atoms with Crippen molar-refractivity contribution in [2.75, 3.05) is 6.61 Å². The number of ether oxygens (including phenoxy) is 2. The molecule has 0 aliphatic carbocycles. The van der Waals surface area contributed by atoms with Crippen LogP contribution in [0.5, 0.6) is 5.75 Å². The zero-order valence-electron chi connectivity index (χ0n) is 11.4. The first kappa shape index (κ1) is 13.6. The lowest BCUT2D eigenvalue weighted by atomic mass is 9.92. The Balaban J connectivity index is 2.05. The fraction of sp³-hybridized carbons (Fsp3) is 0.467. The average Bonchev–Trinajstić information content (AvgIpc) is 2.31. The highest BCUT2D eigenvalue weighted by molar-refractivity contribution is 6.02. The number of benzene rings is 1. The van der Waals surface area contributed by atoms with Crippen LogP contribution < -0.4 is 4.74 Å². The highest BCUT2D eigenvalue weighted by Crippen LogP contribution is 2.28. The molecule has 0 spiro atoms. The van der Waals surface area contributed by atoms with Gasteiger partial charge in [0.2, 0.25) is 0 Å². The molecule has 1 aliphatic rings. The van der Waals surface area contributed by atoms with Gasteiger partial charge in [0.25, 0.3) is 0 Å². The van der Waals surface area contributed by atoms with Crippen LogP contribution in [-0.2, 0) is 9.53 Å². The van der Waals surface area contributed by atoms with E-state index in [9.17, 15) is 9.59 Å². The third kappa shape index (κ3) is 3.34. The number of hydrogen-bond donors (Lipinski definition) is 0. The van der Waals surface area contributed by atoms with Crippen LogP contribution in [0.25, 0.3) is 0 Å². The number of carbonyl (C=O) groups excluding carboxylic acids is 2. The minimum Gasteiger partial charge on any atom is -0.492 e. The second-order valence-electron chi connectivity index (χ2n) is 5.66. The molecule has 0 saturated carbocycles. The first-order valence-electron chi connectivity index (χ1n) is 6.35. The van der Waals surface area contributed by atoms with Gasteiger partial charge in [0, 0.05) is 0 Å². The van der Waals surface area contributed by atoms with Gasteiger partial charge >= 0.3 is 5.97 Å². The molecule has 1 atom stereocenters. The van der Waals surface area contributed by atoms with Crippen LogP contribution in [-0.4, -0.2) is 24.0 Å². The Morgan fingerprint density at radius 2 is 2.05 bits per heavy atom. The Morgan fingerprint density at radius 3 is 2.74 bits per heavy atom. The van der Waals surface area contributed by atoms with Gasteiger partial charge in [-0.15, -0.1) is 0 Å². The molecule has 1 aromatic carbocycles. The van der Waals surface area contributed by atoms with Crippen molar-refractivity contribution in [3.05, 3.63) is 29.8 Å². The van der Waals surface area contributed by atoms with Crippen molar-refractivity contribution in [1.29, 1.82) is 0 Å². The van der Waals surface area contributed by atoms with Gasteiger partial charge in [-0.1, -0.05) is 12.1 Å². The first-order chi connectivity index (χ1) is 8.87. The van der Waals surface area contributed by atoms with Crippen molar-refractivity contribution in [1.82, 2.24) is 0 Å². The molecule has 1 aromatic rings. The van der Waals surface area contributed by atoms with Gasteiger partial charge < -0.3 is 9.47 Å². The Morgan fingerprint density at radius 1 is 1.37 bits per heavy atom. The predicted molar refractivity (Wildman–Crippen MR) is 70.2 cm³/mol. The van der Waals surface area contributed by atoms with E-state index in [-0.39, 0.29) is 24.8 Å². The SMILES string of the molecule is CC(C)(C)OC(=O)CC1COc2ccccc2C1=O. The molecule has 0 aromatic heterocycles. The zero-order chi connectivity index (χ0) is 14.0. The molecule has 4 heteroatoms. The Kier molecular flexibility index (Phi) is 3.60. The molecule has 2 rings (SSSR count). The summed E-state index contributed by atoms with van der Waals surface area (Å²) in [6.45, 7) is 5.65. The summed E-state index contributed by atoms with van der Waals surface area (Å²) < 4.78 is 10.7. The van der Waals surface area contributed by atoms with E-state index in [1.807, 2.05) is 6.07 Å². The van der Waals surface area contributed by atoms with E-state index < -0.39 is 11.5 Å². The van der Waals surface area contributed by atoms with Gasteiger partial charge in [-0.3, -0.25) is 9.59 Å². The van der Waals surface area contributed by atoms with E-state index in [1.54, 1.807) is 39.0 Å². The molecule has 0 amide bonds. The Labute approximate surface area is 112 Å². The van der Waals surface area contributed by atoms with E-state index in [0.29, 0.717) is 11.3 Å². The van der Waals surface area contributed by atoms with Crippen molar-refractivity contribution in [2.24, 2.45) is 5.92 Å². The molecule has 0 bridgehead atoms. The molecule has 4 nitrogen and oxygen atoms in total. The molecule has 102 valence electrons. The van der Waals surface area contributed by atoms with Crippen LogP contribution in [0.1, 0.15) is 37.6 Å². The number of Topliss-reactive ketones (excluding diaryl/α,β-unsaturated/α-hetero) is 1. The molecule has 0 saturated heterocycles. The van der Waals surface area contributed by atoms with Gasteiger partial charge in [-0.05, 0) is 32.9 Å². The Bertz CT molecular complexity index is 499. The number of esters is 1. The predicted octanol–water partition coefficient (Wildman–Crippen LogP) is 2.61. The molecule has 1 aliphatic heterocycles. The van der Waals surface area contributed by atoms with Gasteiger partial charge in [-0.2, -0.15) is 0 Å². The fourth-order valence-corrected chi connectivity index (χ4v) is 2.02. The number of ketones is 1. The number of para-hydroxylation sites is 1. The summed E-state index contributed by atoms with van der Waals surface area (Å²) in [7, 11) is 0. The van der Waals surface area contributed by atoms with Gasteiger partial charge in [0.1, 0.15) is 11.4 Å². The van der Waals surface area contributed by atoms with E-state index in [1.165, 1.54) is 0 Å². The monoisotopic (exact) mass is 262 g/mol. The topological polar surface area (TPSA) is 52.6 Å². The number of fused-ring (bicyclic) bond motifs is 1. The summed E-state index contributed by atoms with van der Waals surface area (Å²) in [6.07, 6.45) is 0.0600. The fourth-order valence-electron chi connectivity index (χ4n) is 2.02. The molecular weight excluding hydrogens is 244 g/mol. The lowest BCUT2D eigenvalue weighted by molar-refractivity contribution is -0.155. The first-order valence-corrected chi connectivity index (χ1v) is 6.35. The van der Waals surface area contributed by atoms with Crippen LogP contribution in [0.4, 0.5) is 0 Å². The van der Waals surface area contributed by atoms with Crippen LogP contribution in [0.2, 0.25) is 0 Å². The third-order valence-corrected chi connectivity index (χ3v) is 2.80. The smallest absolute Gasteiger partial charge is 0.307 e. The highest BCUT2D eigenvalue weighted by Gasteiger charge is 2.31. The van der Waals surface area contributed by atoms with Crippen molar-refractivity contribution in [3.63, 3.8) is 0 Å². The quantitative estimate of drug-likeness (QED) is 0.769. The van der Waals surface area contributed by atoms with Crippen molar-refractivity contribution < 1.29 is 19.1 Å². The third-order valence-electron chi connectivity index (χ3n) is 2.80. The van der Waals surface area contributed by atoms with Crippen molar-refractivity contribution in [3.8, 4) is 5.75 Å². The van der Waals surface area contributed by atoms with Crippen LogP contribution >= 0.6 is 0 Å². The van der Waals surface area contributed by atoms with Gasteiger partial charge in [0.15, 0.2) is 5.78 Å². The van der Waals surface area contributed by atoms with E-state index >= 15 is 0 Å². The van der Waals surface area contributed by atoms with Crippen molar-refractivity contribution in [2.45, 2.75) is 32.8 Å². The van der Waals surface area contributed by atoms with E-state index in [2.05, 4.69) is 0 Å². The summed E-state index contributed by atoms with van der Waals surface area (Å²) in [5.41, 5.74) is 0.00964. The standard InChI is InChI=1S/C15H18O4/c1-15(2,3)19-13(16)8-10-9-18-12-7-5-4-6-11(12)14(10)17/h4-7,10H,8-9H2,1-3H3. The largest absolute Gasteiger partial charge is 0.492 e.